The van der Waals surface area contributed by atoms with E-state index in [0.717, 1.165) is 11.3 Å². The molecular formula is C14H15ClN2O. The van der Waals surface area contributed by atoms with E-state index in [1.807, 2.05) is 25.1 Å². The molecule has 3 nitrogen and oxygen atoms in total. The molecule has 0 spiro atoms. The summed E-state index contributed by atoms with van der Waals surface area (Å²) in [6.45, 7) is 6.13. The van der Waals surface area contributed by atoms with E-state index in [9.17, 15) is 0 Å². The Hall–Kier alpha value is -1.61. The van der Waals surface area contributed by atoms with Gasteiger partial charge in [-0.2, -0.15) is 0 Å². The van der Waals surface area contributed by atoms with Crippen LogP contribution in [0.4, 0.5) is 0 Å². The molecule has 0 amide bonds. The predicted molar refractivity (Wildman–Crippen MR) is 72.4 cm³/mol. The van der Waals surface area contributed by atoms with Crippen molar-refractivity contribution in [2.24, 2.45) is 0 Å². The maximum absolute atomic E-state index is 5.93. The van der Waals surface area contributed by atoms with Crippen LogP contribution in [0.25, 0.3) is 0 Å². The van der Waals surface area contributed by atoms with Crippen LogP contribution in [-0.2, 0) is 0 Å². The van der Waals surface area contributed by atoms with Gasteiger partial charge in [-0.25, -0.2) is 9.97 Å². The lowest BCUT2D eigenvalue weighted by molar-refractivity contribution is 0.456. The van der Waals surface area contributed by atoms with E-state index < -0.39 is 0 Å². The van der Waals surface area contributed by atoms with Gasteiger partial charge in [0.05, 0.1) is 0 Å². The van der Waals surface area contributed by atoms with Crippen LogP contribution >= 0.6 is 11.6 Å². The Balaban J connectivity index is 2.28. The molecule has 1 heterocycles. The molecule has 0 saturated heterocycles. The van der Waals surface area contributed by atoms with Crippen molar-refractivity contribution in [3.63, 3.8) is 0 Å². The van der Waals surface area contributed by atoms with Crippen molar-refractivity contribution in [2.75, 3.05) is 0 Å². The first-order chi connectivity index (χ1) is 8.58. The molecule has 0 bridgehead atoms. The molecule has 0 aliphatic carbocycles. The van der Waals surface area contributed by atoms with Gasteiger partial charge >= 0.3 is 0 Å². The zero-order valence-corrected chi connectivity index (χ0v) is 11.4. The first-order valence-electron chi connectivity index (χ1n) is 5.83. The third kappa shape index (κ3) is 2.79. The summed E-state index contributed by atoms with van der Waals surface area (Å²) in [5.41, 5.74) is 1.97. The summed E-state index contributed by atoms with van der Waals surface area (Å²) in [4.78, 5) is 7.99. The lowest BCUT2D eigenvalue weighted by atomic mass is 10.0. The molecule has 0 saturated carbocycles. The van der Waals surface area contributed by atoms with E-state index in [0.29, 0.717) is 17.0 Å². The van der Waals surface area contributed by atoms with Crippen molar-refractivity contribution in [3.8, 4) is 11.6 Å². The quantitative estimate of drug-likeness (QED) is 0.771. The molecule has 2 rings (SSSR count). The minimum absolute atomic E-state index is 0.417. The molecule has 0 atom stereocenters. The highest BCUT2D eigenvalue weighted by atomic mass is 35.5. The molecule has 0 N–H and O–H groups in total. The average molecular weight is 263 g/mol. The first-order valence-corrected chi connectivity index (χ1v) is 6.20. The van der Waals surface area contributed by atoms with E-state index in [-0.39, 0.29) is 0 Å². The largest absolute Gasteiger partial charge is 0.439 e. The van der Waals surface area contributed by atoms with E-state index >= 15 is 0 Å². The second kappa shape index (κ2) is 5.36. The van der Waals surface area contributed by atoms with Crippen LogP contribution in [0.1, 0.15) is 30.9 Å². The van der Waals surface area contributed by atoms with Crippen LogP contribution in [0.5, 0.6) is 11.6 Å². The van der Waals surface area contributed by atoms with Gasteiger partial charge in [0.1, 0.15) is 17.2 Å². The number of benzene rings is 1. The Morgan fingerprint density at radius 1 is 1.22 bits per heavy atom. The summed E-state index contributed by atoms with van der Waals surface area (Å²) in [5.74, 6) is 1.72. The third-order valence-electron chi connectivity index (χ3n) is 2.72. The zero-order chi connectivity index (χ0) is 13.1. The predicted octanol–water partition coefficient (Wildman–Crippen LogP) is 4.35. The minimum atomic E-state index is 0.417. The highest BCUT2D eigenvalue weighted by Crippen LogP contribution is 2.27. The van der Waals surface area contributed by atoms with Gasteiger partial charge in [0, 0.05) is 5.56 Å². The number of aromatic nitrogens is 2. The van der Waals surface area contributed by atoms with Crippen LogP contribution in [0.2, 0.25) is 5.15 Å². The lowest BCUT2D eigenvalue weighted by Gasteiger charge is -2.10. The SMILES string of the molecule is Cc1c(Cl)ncnc1Oc1cccc(C(C)C)c1. The van der Waals surface area contributed by atoms with Gasteiger partial charge in [0.2, 0.25) is 5.88 Å². The van der Waals surface area contributed by atoms with E-state index in [4.69, 9.17) is 16.3 Å². The molecule has 0 unspecified atom stereocenters. The monoisotopic (exact) mass is 262 g/mol. The van der Waals surface area contributed by atoms with Crippen molar-refractivity contribution in [1.29, 1.82) is 0 Å². The van der Waals surface area contributed by atoms with Gasteiger partial charge in [-0.15, -0.1) is 0 Å². The molecule has 0 fully saturated rings. The highest BCUT2D eigenvalue weighted by Gasteiger charge is 2.08. The van der Waals surface area contributed by atoms with Gasteiger partial charge < -0.3 is 4.74 Å². The Morgan fingerprint density at radius 3 is 2.72 bits per heavy atom. The zero-order valence-electron chi connectivity index (χ0n) is 10.6. The fourth-order valence-electron chi connectivity index (χ4n) is 1.57. The standard InChI is InChI=1S/C14H15ClN2O/c1-9(2)11-5-4-6-12(7-11)18-14-10(3)13(15)16-8-17-14/h4-9H,1-3H3. The topological polar surface area (TPSA) is 35.0 Å². The second-order valence-corrected chi connectivity index (χ2v) is 4.78. The van der Waals surface area contributed by atoms with E-state index in [1.165, 1.54) is 11.9 Å². The van der Waals surface area contributed by atoms with Gasteiger partial charge in [-0.1, -0.05) is 37.6 Å². The number of ether oxygens (including phenoxy) is 1. The summed E-state index contributed by atoms with van der Waals surface area (Å²) >= 11 is 5.93. The molecule has 1 aromatic heterocycles. The maximum Gasteiger partial charge on any atom is 0.226 e. The van der Waals surface area contributed by atoms with Crippen LogP contribution < -0.4 is 4.74 Å². The molecule has 4 heteroatoms. The number of hydrogen-bond donors (Lipinski definition) is 0. The van der Waals surface area contributed by atoms with Crippen molar-refractivity contribution < 1.29 is 4.74 Å². The molecule has 0 aliphatic heterocycles. The molecule has 94 valence electrons. The molecule has 0 radical (unpaired) electrons. The van der Waals surface area contributed by atoms with Crippen LogP contribution in [0.3, 0.4) is 0 Å². The normalized spacial score (nSPS) is 10.7. The van der Waals surface area contributed by atoms with Crippen LogP contribution in [-0.4, -0.2) is 9.97 Å². The van der Waals surface area contributed by atoms with E-state index in [2.05, 4.69) is 29.9 Å². The van der Waals surface area contributed by atoms with E-state index in [1.54, 1.807) is 0 Å². The van der Waals surface area contributed by atoms with Crippen LogP contribution in [0, 0.1) is 6.92 Å². The van der Waals surface area contributed by atoms with Crippen molar-refractivity contribution in [2.45, 2.75) is 26.7 Å². The second-order valence-electron chi connectivity index (χ2n) is 4.42. The smallest absolute Gasteiger partial charge is 0.226 e. The number of rotatable bonds is 3. The summed E-state index contributed by atoms with van der Waals surface area (Å²) in [5, 5.41) is 0.417. The Kier molecular flexibility index (Phi) is 3.82. The summed E-state index contributed by atoms with van der Waals surface area (Å²) in [6.07, 6.45) is 1.40. The van der Waals surface area contributed by atoms with Gasteiger partial charge in [-0.3, -0.25) is 0 Å². The first kappa shape index (κ1) is 12.8. The molecule has 1 aromatic carbocycles. The van der Waals surface area contributed by atoms with Gasteiger partial charge in [-0.05, 0) is 30.5 Å². The summed E-state index contributed by atoms with van der Waals surface area (Å²) in [6, 6.07) is 7.97. The summed E-state index contributed by atoms with van der Waals surface area (Å²) < 4.78 is 5.75. The summed E-state index contributed by atoms with van der Waals surface area (Å²) in [7, 11) is 0. The number of nitrogens with zero attached hydrogens (tertiary/aromatic N) is 2. The average Bonchev–Trinajstić information content (AvgIpc) is 2.35. The Bertz CT molecular complexity index is 555. The fraction of sp³-hybridized carbons (Fsp3) is 0.286. The fourth-order valence-corrected chi connectivity index (χ4v) is 1.69. The molecule has 0 aliphatic rings. The van der Waals surface area contributed by atoms with Crippen LogP contribution in [0.15, 0.2) is 30.6 Å². The van der Waals surface area contributed by atoms with Crippen molar-refractivity contribution >= 4 is 11.6 Å². The van der Waals surface area contributed by atoms with Gasteiger partial charge in [0.25, 0.3) is 0 Å². The maximum atomic E-state index is 5.93. The Labute approximate surface area is 112 Å². The lowest BCUT2D eigenvalue weighted by Crippen LogP contribution is -1.95. The highest BCUT2D eigenvalue weighted by molar-refractivity contribution is 6.30. The minimum Gasteiger partial charge on any atom is -0.439 e. The number of hydrogen-bond acceptors (Lipinski definition) is 3. The van der Waals surface area contributed by atoms with Crippen molar-refractivity contribution in [3.05, 3.63) is 46.9 Å². The number of halogens is 1. The van der Waals surface area contributed by atoms with Crippen molar-refractivity contribution in [1.82, 2.24) is 9.97 Å². The molecule has 2 aromatic rings. The molecular weight excluding hydrogens is 248 g/mol. The van der Waals surface area contributed by atoms with Gasteiger partial charge in [0.15, 0.2) is 0 Å². The Morgan fingerprint density at radius 2 is 2.00 bits per heavy atom. The third-order valence-corrected chi connectivity index (χ3v) is 3.10. The molecule has 18 heavy (non-hydrogen) atoms.